The van der Waals surface area contributed by atoms with Crippen molar-refractivity contribution in [1.82, 2.24) is 20.4 Å². The molecule has 0 radical (unpaired) electrons. The Kier molecular flexibility index (Phi) is 6.96. The molecule has 3 aliphatic rings. The number of piperidine rings is 2. The zero-order chi connectivity index (χ0) is 17.5. The van der Waals surface area contributed by atoms with Crippen LogP contribution in [-0.2, 0) is 4.79 Å². The molecule has 0 spiro atoms. The topological polar surface area (TPSA) is 64.7 Å². The van der Waals surface area contributed by atoms with Crippen molar-refractivity contribution in [2.24, 2.45) is 0 Å². The van der Waals surface area contributed by atoms with E-state index in [2.05, 4.69) is 15.5 Å². The lowest BCUT2D eigenvalue weighted by Crippen LogP contribution is -2.51. The Morgan fingerprint density at radius 3 is 1.92 bits per heavy atom. The lowest BCUT2D eigenvalue weighted by Gasteiger charge is -2.34. The van der Waals surface area contributed by atoms with Crippen molar-refractivity contribution < 1.29 is 9.59 Å². The molecule has 3 amide bonds. The van der Waals surface area contributed by atoms with Crippen LogP contribution >= 0.6 is 0 Å². The van der Waals surface area contributed by atoms with Gasteiger partial charge in [-0.1, -0.05) is 19.3 Å². The summed E-state index contributed by atoms with van der Waals surface area (Å²) in [6, 6.07) is 0.593. The summed E-state index contributed by atoms with van der Waals surface area (Å²) in [6.45, 7) is 4.19. The fraction of sp³-hybridized carbons (Fsp3) is 0.895. The zero-order valence-corrected chi connectivity index (χ0v) is 15.5. The van der Waals surface area contributed by atoms with E-state index < -0.39 is 0 Å². The van der Waals surface area contributed by atoms with E-state index in [4.69, 9.17) is 0 Å². The van der Waals surface area contributed by atoms with Crippen LogP contribution in [0.2, 0.25) is 0 Å². The minimum atomic E-state index is -0.00487. The first kappa shape index (κ1) is 18.5. The highest BCUT2D eigenvalue weighted by Gasteiger charge is 2.25. The molecule has 3 rings (SSSR count). The monoisotopic (exact) mass is 350 g/mol. The number of nitrogens with zero attached hydrogens (tertiary/aromatic N) is 2. The van der Waals surface area contributed by atoms with Gasteiger partial charge in [0.15, 0.2) is 0 Å². The summed E-state index contributed by atoms with van der Waals surface area (Å²) in [6.07, 6.45) is 11.4. The number of likely N-dealkylation sites (tertiary alicyclic amines) is 2. The number of hydrogen-bond acceptors (Lipinski definition) is 3. The Bertz CT molecular complexity index is 437. The lowest BCUT2D eigenvalue weighted by molar-refractivity contribution is -0.133. The van der Waals surface area contributed by atoms with E-state index in [9.17, 15) is 9.59 Å². The fourth-order valence-corrected chi connectivity index (χ4v) is 4.33. The van der Waals surface area contributed by atoms with E-state index in [1.54, 1.807) is 0 Å². The highest BCUT2D eigenvalue weighted by molar-refractivity contribution is 5.78. The molecule has 142 valence electrons. The molecule has 2 saturated heterocycles. The van der Waals surface area contributed by atoms with E-state index in [-0.39, 0.29) is 18.0 Å². The SMILES string of the molecule is O=C(NC1CCCCC1)NC1CCN(CC(=O)N2CCCCC2)CC1. The van der Waals surface area contributed by atoms with Crippen LogP contribution in [0.3, 0.4) is 0 Å². The second-order valence-corrected chi connectivity index (χ2v) is 7.94. The maximum atomic E-state index is 12.4. The Balaban J connectivity index is 1.32. The Hall–Kier alpha value is -1.30. The molecule has 0 bridgehead atoms. The molecule has 3 fully saturated rings. The average Bonchev–Trinajstić information content (AvgIpc) is 2.65. The van der Waals surface area contributed by atoms with Crippen LogP contribution in [0.15, 0.2) is 0 Å². The number of amides is 3. The van der Waals surface area contributed by atoms with Gasteiger partial charge in [0.05, 0.1) is 6.54 Å². The third-order valence-electron chi connectivity index (χ3n) is 5.93. The van der Waals surface area contributed by atoms with Crippen molar-refractivity contribution in [3.05, 3.63) is 0 Å². The summed E-state index contributed by atoms with van der Waals surface area (Å²) >= 11 is 0. The van der Waals surface area contributed by atoms with Crippen molar-refractivity contribution >= 4 is 11.9 Å². The van der Waals surface area contributed by atoms with E-state index in [0.717, 1.165) is 64.7 Å². The standard InChI is InChI=1S/C19H34N4O2/c24-18(23-11-5-2-6-12-23)15-22-13-9-17(10-14-22)21-19(25)20-16-7-3-1-4-8-16/h16-17H,1-15H2,(H2,20,21,25). The van der Waals surface area contributed by atoms with Gasteiger partial charge in [-0.3, -0.25) is 9.69 Å². The molecule has 6 nitrogen and oxygen atoms in total. The normalized spacial score (nSPS) is 24.1. The molecule has 0 atom stereocenters. The third kappa shape index (κ3) is 5.87. The first-order valence-corrected chi connectivity index (χ1v) is 10.3. The number of nitrogens with one attached hydrogen (secondary N) is 2. The molecule has 0 aromatic heterocycles. The molecule has 25 heavy (non-hydrogen) atoms. The minimum Gasteiger partial charge on any atom is -0.342 e. The Labute approximate surface area is 151 Å². The zero-order valence-electron chi connectivity index (χ0n) is 15.5. The highest BCUT2D eigenvalue weighted by atomic mass is 16.2. The van der Waals surface area contributed by atoms with E-state index in [1.165, 1.54) is 25.7 Å². The second-order valence-electron chi connectivity index (χ2n) is 7.94. The molecule has 1 saturated carbocycles. The summed E-state index contributed by atoms with van der Waals surface area (Å²) in [5, 5.41) is 6.26. The summed E-state index contributed by atoms with van der Waals surface area (Å²) in [4.78, 5) is 28.8. The van der Waals surface area contributed by atoms with Crippen molar-refractivity contribution in [2.45, 2.75) is 76.3 Å². The van der Waals surface area contributed by atoms with E-state index in [1.807, 2.05) is 4.90 Å². The van der Waals surface area contributed by atoms with Gasteiger partial charge in [0.25, 0.3) is 0 Å². The third-order valence-corrected chi connectivity index (χ3v) is 5.93. The second kappa shape index (κ2) is 9.41. The fourth-order valence-electron chi connectivity index (χ4n) is 4.33. The average molecular weight is 351 g/mol. The van der Waals surface area contributed by atoms with Gasteiger partial charge in [-0.2, -0.15) is 0 Å². The quantitative estimate of drug-likeness (QED) is 0.816. The summed E-state index contributed by atoms with van der Waals surface area (Å²) in [7, 11) is 0. The molecule has 1 aliphatic carbocycles. The minimum absolute atomic E-state index is 0.00487. The van der Waals surface area contributed by atoms with Gasteiger partial charge >= 0.3 is 6.03 Å². The molecular formula is C19H34N4O2. The predicted molar refractivity (Wildman–Crippen MR) is 98.4 cm³/mol. The van der Waals surface area contributed by atoms with Gasteiger partial charge in [-0.15, -0.1) is 0 Å². The molecule has 2 heterocycles. The van der Waals surface area contributed by atoms with Crippen molar-refractivity contribution in [1.29, 1.82) is 0 Å². The van der Waals surface area contributed by atoms with Gasteiger partial charge in [0.1, 0.15) is 0 Å². The maximum absolute atomic E-state index is 12.4. The van der Waals surface area contributed by atoms with Crippen LogP contribution in [-0.4, -0.2) is 66.5 Å². The van der Waals surface area contributed by atoms with Crippen LogP contribution in [0.25, 0.3) is 0 Å². The Morgan fingerprint density at radius 2 is 1.28 bits per heavy atom. The molecule has 0 aromatic carbocycles. The summed E-state index contributed by atoms with van der Waals surface area (Å²) in [5.74, 6) is 0.279. The van der Waals surface area contributed by atoms with Gasteiger partial charge in [0.2, 0.25) is 5.91 Å². The number of urea groups is 1. The molecule has 0 aromatic rings. The maximum Gasteiger partial charge on any atom is 0.315 e. The van der Waals surface area contributed by atoms with Gasteiger partial charge in [-0.25, -0.2) is 4.79 Å². The van der Waals surface area contributed by atoms with Gasteiger partial charge in [0, 0.05) is 38.3 Å². The van der Waals surface area contributed by atoms with Crippen molar-refractivity contribution in [3.63, 3.8) is 0 Å². The van der Waals surface area contributed by atoms with Crippen LogP contribution in [0.1, 0.15) is 64.2 Å². The number of rotatable bonds is 4. The van der Waals surface area contributed by atoms with Crippen LogP contribution in [0, 0.1) is 0 Å². The summed E-state index contributed by atoms with van der Waals surface area (Å²) in [5.41, 5.74) is 0. The Morgan fingerprint density at radius 1 is 0.720 bits per heavy atom. The smallest absolute Gasteiger partial charge is 0.315 e. The van der Waals surface area contributed by atoms with Gasteiger partial charge in [-0.05, 0) is 44.9 Å². The van der Waals surface area contributed by atoms with Crippen LogP contribution in [0.4, 0.5) is 4.79 Å². The molecule has 2 N–H and O–H groups in total. The highest BCUT2D eigenvalue weighted by Crippen LogP contribution is 2.17. The molecule has 2 aliphatic heterocycles. The van der Waals surface area contributed by atoms with E-state index >= 15 is 0 Å². The van der Waals surface area contributed by atoms with Crippen molar-refractivity contribution in [2.75, 3.05) is 32.7 Å². The van der Waals surface area contributed by atoms with E-state index in [0.29, 0.717) is 12.6 Å². The first-order valence-electron chi connectivity index (χ1n) is 10.3. The number of carbonyl (C=O) groups excluding carboxylic acids is 2. The molecule has 0 unspecified atom stereocenters. The largest absolute Gasteiger partial charge is 0.342 e. The van der Waals surface area contributed by atoms with Gasteiger partial charge < -0.3 is 15.5 Å². The lowest BCUT2D eigenvalue weighted by atomic mass is 9.96. The number of carbonyl (C=O) groups is 2. The summed E-state index contributed by atoms with van der Waals surface area (Å²) < 4.78 is 0. The van der Waals surface area contributed by atoms with Crippen LogP contribution < -0.4 is 10.6 Å². The molecule has 6 heteroatoms. The first-order chi connectivity index (χ1) is 12.2. The predicted octanol–water partition coefficient (Wildman–Crippen LogP) is 2.10. The molecular weight excluding hydrogens is 316 g/mol. The van der Waals surface area contributed by atoms with Crippen LogP contribution in [0.5, 0.6) is 0 Å². The van der Waals surface area contributed by atoms with Crippen molar-refractivity contribution in [3.8, 4) is 0 Å². The number of hydrogen-bond donors (Lipinski definition) is 2.